The van der Waals surface area contributed by atoms with E-state index in [-0.39, 0.29) is 0 Å². The quantitative estimate of drug-likeness (QED) is 0.478. The fourth-order valence-electron chi connectivity index (χ4n) is 2.99. The van der Waals surface area contributed by atoms with Crippen molar-refractivity contribution in [3.05, 3.63) is 73.1 Å². The van der Waals surface area contributed by atoms with Gasteiger partial charge in [0, 0.05) is 23.2 Å². The van der Waals surface area contributed by atoms with Crippen molar-refractivity contribution in [1.29, 1.82) is 0 Å². The second kappa shape index (κ2) is 5.49. The van der Waals surface area contributed by atoms with E-state index in [9.17, 15) is 0 Å². The first-order valence-electron chi connectivity index (χ1n) is 7.92. The maximum atomic E-state index is 5.97. The minimum atomic E-state index is 0.451. The Morgan fingerprint density at radius 1 is 0.560 bits per heavy atom. The number of aromatic nitrogens is 4. The van der Waals surface area contributed by atoms with Gasteiger partial charge in [-0.05, 0) is 24.3 Å². The lowest BCUT2D eigenvalue weighted by Crippen LogP contribution is -1.84. The highest BCUT2D eigenvalue weighted by molar-refractivity contribution is 5.93. The van der Waals surface area contributed by atoms with Crippen LogP contribution in [0.2, 0.25) is 0 Å². The number of fused-ring (bicyclic) bond motifs is 2. The van der Waals surface area contributed by atoms with Crippen molar-refractivity contribution in [1.82, 2.24) is 20.2 Å². The zero-order valence-corrected chi connectivity index (χ0v) is 13.1. The average Bonchev–Trinajstić information content (AvgIpc) is 3.17. The summed E-state index contributed by atoms with van der Waals surface area (Å²) in [6.45, 7) is 0. The molecule has 0 amide bonds. The first-order valence-corrected chi connectivity index (χ1v) is 7.92. The standard InChI is InChI=1S/C20H12N4O/c1-5-13-7-3-11-21-17(13)15(9-1)19-23-24-20(25-19)16-10-2-6-14-8-4-12-22-18(14)16/h1-12H. The van der Waals surface area contributed by atoms with Crippen LogP contribution in [0.15, 0.2) is 77.5 Å². The van der Waals surface area contributed by atoms with Gasteiger partial charge in [0.05, 0.1) is 22.2 Å². The van der Waals surface area contributed by atoms with Gasteiger partial charge < -0.3 is 4.42 Å². The molecule has 0 N–H and O–H groups in total. The van der Waals surface area contributed by atoms with E-state index in [2.05, 4.69) is 20.2 Å². The molecule has 0 aliphatic rings. The Morgan fingerprint density at radius 2 is 1.04 bits per heavy atom. The number of hydrogen-bond acceptors (Lipinski definition) is 5. The van der Waals surface area contributed by atoms with Crippen molar-refractivity contribution in [3.63, 3.8) is 0 Å². The normalized spacial score (nSPS) is 11.2. The van der Waals surface area contributed by atoms with Gasteiger partial charge in [-0.1, -0.05) is 36.4 Å². The van der Waals surface area contributed by atoms with E-state index in [1.165, 1.54) is 0 Å². The molecule has 25 heavy (non-hydrogen) atoms. The predicted octanol–water partition coefficient (Wildman–Crippen LogP) is 4.50. The molecule has 0 aliphatic heterocycles. The number of pyridine rings is 2. The highest BCUT2D eigenvalue weighted by atomic mass is 16.4. The minimum Gasteiger partial charge on any atom is -0.416 e. The van der Waals surface area contributed by atoms with E-state index in [1.807, 2.05) is 60.7 Å². The van der Waals surface area contributed by atoms with Gasteiger partial charge in [0.1, 0.15) is 0 Å². The van der Waals surface area contributed by atoms with E-state index < -0.39 is 0 Å². The van der Waals surface area contributed by atoms with E-state index in [1.54, 1.807) is 12.4 Å². The van der Waals surface area contributed by atoms with Gasteiger partial charge in [-0.15, -0.1) is 10.2 Å². The molecule has 3 heterocycles. The van der Waals surface area contributed by atoms with E-state index >= 15 is 0 Å². The number of hydrogen-bond donors (Lipinski definition) is 0. The van der Waals surface area contributed by atoms with Crippen LogP contribution >= 0.6 is 0 Å². The number of benzene rings is 2. The highest BCUT2D eigenvalue weighted by Gasteiger charge is 2.15. The third-order valence-electron chi connectivity index (χ3n) is 4.15. The zero-order chi connectivity index (χ0) is 16.6. The molecule has 0 radical (unpaired) electrons. The van der Waals surface area contributed by atoms with Crippen LogP contribution in [0.25, 0.3) is 44.7 Å². The molecule has 5 heteroatoms. The molecule has 0 atom stereocenters. The summed E-state index contributed by atoms with van der Waals surface area (Å²) in [6, 6.07) is 19.7. The largest absolute Gasteiger partial charge is 0.416 e. The molecule has 3 aromatic heterocycles. The lowest BCUT2D eigenvalue weighted by atomic mass is 10.1. The molecule has 0 spiro atoms. The van der Waals surface area contributed by atoms with Crippen LogP contribution in [0.3, 0.4) is 0 Å². The second-order valence-corrected chi connectivity index (χ2v) is 5.67. The molecule has 0 saturated heterocycles. The maximum Gasteiger partial charge on any atom is 0.250 e. The molecule has 5 rings (SSSR count). The molecule has 2 aromatic carbocycles. The average molecular weight is 324 g/mol. The Labute approximate surface area is 143 Å². The van der Waals surface area contributed by atoms with E-state index in [4.69, 9.17) is 4.42 Å². The summed E-state index contributed by atoms with van der Waals surface area (Å²) in [5, 5.41) is 10.5. The van der Waals surface area contributed by atoms with Crippen molar-refractivity contribution in [3.8, 4) is 22.9 Å². The van der Waals surface area contributed by atoms with Crippen molar-refractivity contribution >= 4 is 21.8 Å². The van der Waals surface area contributed by atoms with Crippen LogP contribution in [0.1, 0.15) is 0 Å². The smallest absolute Gasteiger partial charge is 0.250 e. The lowest BCUT2D eigenvalue weighted by molar-refractivity contribution is 0.585. The summed E-state index contributed by atoms with van der Waals surface area (Å²) < 4.78 is 5.97. The summed E-state index contributed by atoms with van der Waals surface area (Å²) >= 11 is 0. The van der Waals surface area contributed by atoms with Crippen LogP contribution in [0.5, 0.6) is 0 Å². The molecular weight excluding hydrogens is 312 g/mol. The number of para-hydroxylation sites is 2. The van der Waals surface area contributed by atoms with Gasteiger partial charge >= 0.3 is 0 Å². The lowest BCUT2D eigenvalue weighted by Gasteiger charge is -2.02. The minimum absolute atomic E-state index is 0.451. The Hall–Kier alpha value is -3.60. The molecule has 0 aliphatic carbocycles. The van der Waals surface area contributed by atoms with Crippen LogP contribution in [-0.4, -0.2) is 20.2 Å². The fraction of sp³-hybridized carbons (Fsp3) is 0. The van der Waals surface area contributed by atoms with Gasteiger partial charge in [0.15, 0.2) is 0 Å². The predicted molar refractivity (Wildman–Crippen MR) is 95.8 cm³/mol. The van der Waals surface area contributed by atoms with Crippen molar-refractivity contribution in [2.75, 3.05) is 0 Å². The molecule has 118 valence electrons. The summed E-state index contributed by atoms with van der Waals surface area (Å²) in [5.74, 6) is 0.902. The summed E-state index contributed by atoms with van der Waals surface area (Å²) in [6.07, 6.45) is 3.52. The number of rotatable bonds is 2. The van der Waals surface area contributed by atoms with Crippen molar-refractivity contribution in [2.45, 2.75) is 0 Å². The van der Waals surface area contributed by atoms with Crippen LogP contribution in [0, 0.1) is 0 Å². The summed E-state index contributed by atoms with van der Waals surface area (Å²) in [4.78, 5) is 8.90. The monoisotopic (exact) mass is 324 g/mol. The third kappa shape index (κ3) is 2.25. The molecular formula is C20H12N4O. The Kier molecular flexibility index (Phi) is 3.03. The molecule has 0 saturated carbocycles. The van der Waals surface area contributed by atoms with Gasteiger partial charge in [-0.3, -0.25) is 9.97 Å². The Bertz CT molecular complexity index is 1110. The fourth-order valence-corrected chi connectivity index (χ4v) is 2.99. The molecule has 5 nitrogen and oxygen atoms in total. The maximum absolute atomic E-state index is 5.97. The van der Waals surface area contributed by atoms with Gasteiger partial charge in [0.2, 0.25) is 11.8 Å². The second-order valence-electron chi connectivity index (χ2n) is 5.67. The Balaban J connectivity index is 1.69. The van der Waals surface area contributed by atoms with Crippen LogP contribution in [-0.2, 0) is 0 Å². The van der Waals surface area contributed by atoms with Crippen LogP contribution in [0.4, 0.5) is 0 Å². The highest BCUT2D eigenvalue weighted by Crippen LogP contribution is 2.31. The number of nitrogens with zero attached hydrogens (tertiary/aromatic N) is 4. The first kappa shape index (κ1) is 13.8. The van der Waals surface area contributed by atoms with E-state index in [0.717, 1.165) is 32.9 Å². The molecule has 0 unspecified atom stereocenters. The van der Waals surface area contributed by atoms with E-state index in [0.29, 0.717) is 11.8 Å². The summed E-state index contributed by atoms with van der Waals surface area (Å²) in [5.41, 5.74) is 3.34. The van der Waals surface area contributed by atoms with Gasteiger partial charge in [0.25, 0.3) is 0 Å². The topological polar surface area (TPSA) is 64.7 Å². The van der Waals surface area contributed by atoms with Crippen molar-refractivity contribution < 1.29 is 4.42 Å². The summed E-state index contributed by atoms with van der Waals surface area (Å²) in [7, 11) is 0. The Morgan fingerprint density at radius 3 is 1.56 bits per heavy atom. The van der Waals surface area contributed by atoms with Crippen LogP contribution < -0.4 is 0 Å². The van der Waals surface area contributed by atoms with Crippen molar-refractivity contribution in [2.24, 2.45) is 0 Å². The first-order chi connectivity index (χ1) is 12.4. The third-order valence-corrected chi connectivity index (χ3v) is 4.15. The van der Waals surface area contributed by atoms with Gasteiger partial charge in [-0.2, -0.15) is 0 Å². The molecule has 0 bridgehead atoms. The molecule has 0 fully saturated rings. The van der Waals surface area contributed by atoms with Gasteiger partial charge in [-0.25, -0.2) is 0 Å². The zero-order valence-electron chi connectivity index (χ0n) is 13.1. The SMILES string of the molecule is c1cnc2c(-c3nnc(-c4cccc5cccnc45)o3)cccc2c1. The molecule has 5 aromatic rings.